The van der Waals surface area contributed by atoms with Crippen LogP contribution in [0.15, 0.2) is 40.1 Å². The Kier molecular flexibility index (Phi) is 6.50. The Labute approximate surface area is 183 Å². The van der Waals surface area contributed by atoms with Crippen molar-refractivity contribution in [3.63, 3.8) is 0 Å². The highest BCUT2D eigenvalue weighted by Crippen LogP contribution is 2.33. The molecule has 1 aliphatic rings. The molecule has 1 fully saturated rings. The van der Waals surface area contributed by atoms with Crippen LogP contribution in [-0.2, 0) is 20.0 Å². The van der Waals surface area contributed by atoms with Gasteiger partial charge in [-0.25, -0.2) is 16.8 Å². The largest absolute Gasteiger partial charge is 0.496 e. The predicted molar refractivity (Wildman–Crippen MR) is 116 cm³/mol. The van der Waals surface area contributed by atoms with Crippen molar-refractivity contribution in [1.29, 1.82) is 0 Å². The highest BCUT2D eigenvalue weighted by atomic mass is 35.5. The maximum atomic E-state index is 13.3. The maximum Gasteiger partial charge on any atom is 0.243 e. The summed E-state index contributed by atoms with van der Waals surface area (Å²) in [6, 6.07) is 7.66. The summed E-state index contributed by atoms with van der Waals surface area (Å²) < 4.78 is 60.4. The molecule has 2 aromatic carbocycles. The number of hydrogen-bond donors (Lipinski definition) is 0. The number of hydrogen-bond acceptors (Lipinski definition) is 5. The van der Waals surface area contributed by atoms with Gasteiger partial charge in [-0.1, -0.05) is 11.6 Å². The molecule has 3 rings (SSSR count). The van der Waals surface area contributed by atoms with Gasteiger partial charge >= 0.3 is 0 Å². The maximum absolute atomic E-state index is 13.3. The lowest BCUT2D eigenvalue weighted by Gasteiger charge is -2.34. The second-order valence-electron chi connectivity index (χ2n) is 7.24. The van der Waals surface area contributed by atoms with Gasteiger partial charge in [-0.2, -0.15) is 8.61 Å². The van der Waals surface area contributed by atoms with E-state index in [1.807, 2.05) is 6.92 Å². The molecule has 0 spiro atoms. The van der Waals surface area contributed by atoms with E-state index < -0.39 is 20.0 Å². The normalized spacial score (nSPS) is 16.6. The van der Waals surface area contributed by atoms with Gasteiger partial charge in [0.05, 0.1) is 16.9 Å². The summed E-state index contributed by atoms with van der Waals surface area (Å²) in [4.78, 5) is 0.399. The molecule has 30 heavy (non-hydrogen) atoms. The SMILES string of the molecule is COc1cc(C)c(S(=O)(=O)N2CCN(S(=O)(=O)c3ccc(Cl)cc3)CC2)c(C)c1C. The van der Waals surface area contributed by atoms with Crippen molar-refractivity contribution >= 4 is 31.6 Å². The Morgan fingerprint density at radius 2 is 1.33 bits per heavy atom. The molecule has 1 aliphatic heterocycles. The Morgan fingerprint density at radius 3 is 1.83 bits per heavy atom. The van der Waals surface area contributed by atoms with Gasteiger partial charge in [0.2, 0.25) is 20.0 Å². The first-order valence-corrected chi connectivity index (χ1v) is 12.7. The standard InChI is InChI=1S/C20H25ClN2O5S2/c1-14-13-19(28-4)15(2)16(3)20(14)30(26,27)23-11-9-22(10-12-23)29(24,25)18-7-5-17(21)6-8-18/h5-8,13H,9-12H2,1-4H3. The molecular formula is C20H25ClN2O5S2. The molecule has 164 valence electrons. The molecule has 0 atom stereocenters. The van der Waals surface area contributed by atoms with Crippen LogP contribution in [0.5, 0.6) is 5.75 Å². The van der Waals surface area contributed by atoms with Crippen molar-refractivity contribution in [2.24, 2.45) is 0 Å². The summed E-state index contributed by atoms with van der Waals surface area (Å²) in [5.41, 5.74) is 2.01. The summed E-state index contributed by atoms with van der Waals surface area (Å²) in [6.45, 7) is 5.65. The van der Waals surface area contributed by atoms with Gasteiger partial charge < -0.3 is 4.74 Å². The van der Waals surface area contributed by atoms with Crippen molar-refractivity contribution in [2.75, 3.05) is 33.3 Å². The van der Waals surface area contributed by atoms with Gasteiger partial charge in [0, 0.05) is 31.2 Å². The van der Waals surface area contributed by atoms with Crippen LogP contribution in [0.1, 0.15) is 16.7 Å². The minimum absolute atomic E-state index is 0.0808. The van der Waals surface area contributed by atoms with Crippen molar-refractivity contribution in [1.82, 2.24) is 8.61 Å². The summed E-state index contributed by atoms with van der Waals surface area (Å²) in [5.74, 6) is 0.642. The lowest BCUT2D eigenvalue weighted by atomic mass is 10.1. The highest BCUT2D eigenvalue weighted by Gasteiger charge is 2.35. The van der Waals surface area contributed by atoms with E-state index in [2.05, 4.69) is 0 Å². The molecule has 1 saturated heterocycles. The molecule has 1 heterocycles. The fourth-order valence-electron chi connectivity index (χ4n) is 3.67. The van der Waals surface area contributed by atoms with E-state index >= 15 is 0 Å². The van der Waals surface area contributed by atoms with E-state index in [-0.39, 0.29) is 36.0 Å². The topological polar surface area (TPSA) is 84.0 Å². The van der Waals surface area contributed by atoms with Gasteiger partial charge in [0.15, 0.2) is 0 Å². The average molecular weight is 473 g/mol. The van der Waals surface area contributed by atoms with Crippen LogP contribution in [0.3, 0.4) is 0 Å². The van der Waals surface area contributed by atoms with Crippen LogP contribution in [0.4, 0.5) is 0 Å². The molecule has 10 heteroatoms. The number of halogens is 1. The zero-order valence-electron chi connectivity index (χ0n) is 17.3. The number of piperazine rings is 1. The smallest absolute Gasteiger partial charge is 0.243 e. The first-order valence-electron chi connectivity index (χ1n) is 9.41. The molecule has 0 saturated carbocycles. The fraction of sp³-hybridized carbons (Fsp3) is 0.400. The molecule has 0 aliphatic carbocycles. The third kappa shape index (κ3) is 4.09. The molecule has 0 radical (unpaired) electrons. The Hall–Kier alpha value is -1.65. The molecule has 0 aromatic heterocycles. The molecule has 0 unspecified atom stereocenters. The summed E-state index contributed by atoms with van der Waals surface area (Å²) >= 11 is 5.84. The van der Waals surface area contributed by atoms with E-state index in [1.165, 1.54) is 32.9 Å². The van der Waals surface area contributed by atoms with E-state index in [1.54, 1.807) is 27.0 Å². The monoisotopic (exact) mass is 472 g/mol. The highest BCUT2D eigenvalue weighted by molar-refractivity contribution is 7.89. The second-order valence-corrected chi connectivity index (χ2v) is 11.5. The van der Waals surface area contributed by atoms with Crippen LogP contribution in [-0.4, -0.2) is 58.7 Å². The number of nitrogens with zero attached hydrogens (tertiary/aromatic N) is 2. The van der Waals surface area contributed by atoms with E-state index in [4.69, 9.17) is 16.3 Å². The number of aryl methyl sites for hydroxylation is 1. The zero-order valence-corrected chi connectivity index (χ0v) is 19.7. The quantitative estimate of drug-likeness (QED) is 0.668. The lowest BCUT2D eigenvalue weighted by Crippen LogP contribution is -2.50. The molecule has 2 aromatic rings. The third-order valence-electron chi connectivity index (χ3n) is 5.45. The van der Waals surface area contributed by atoms with Crippen LogP contribution in [0.25, 0.3) is 0 Å². The Balaban J connectivity index is 1.84. The first kappa shape index (κ1) is 23.0. The van der Waals surface area contributed by atoms with Crippen molar-refractivity contribution < 1.29 is 21.6 Å². The van der Waals surface area contributed by atoms with Crippen molar-refractivity contribution in [2.45, 2.75) is 30.6 Å². The molecule has 7 nitrogen and oxygen atoms in total. The van der Waals surface area contributed by atoms with Crippen LogP contribution in [0.2, 0.25) is 5.02 Å². The molecule has 0 N–H and O–H groups in total. The Bertz CT molecular complexity index is 1150. The van der Waals surface area contributed by atoms with E-state index in [0.717, 1.165) is 5.56 Å². The van der Waals surface area contributed by atoms with Gasteiger partial charge in [-0.05, 0) is 67.8 Å². The van der Waals surface area contributed by atoms with E-state index in [9.17, 15) is 16.8 Å². The van der Waals surface area contributed by atoms with Gasteiger partial charge in [-0.15, -0.1) is 0 Å². The van der Waals surface area contributed by atoms with Gasteiger partial charge in [-0.3, -0.25) is 0 Å². The van der Waals surface area contributed by atoms with Crippen LogP contribution >= 0.6 is 11.6 Å². The number of sulfonamides is 2. The van der Waals surface area contributed by atoms with Gasteiger partial charge in [0.25, 0.3) is 0 Å². The fourth-order valence-corrected chi connectivity index (χ4v) is 7.12. The molecular weight excluding hydrogens is 448 g/mol. The minimum atomic E-state index is -3.77. The van der Waals surface area contributed by atoms with Crippen LogP contribution in [0, 0.1) is 20.8 Å². The summed E-state index contributed by atoms with van der Waals surface area (Å²) in [5, 5.41) is 0.449. The number of ether oxygens (including phenoxy) is 1. The van der Waals surface area contributed by atoms with Gasteiger partial charge in [0.1, 0.15) is 5.75 Å². The predicted octanol–water partition coefficient (Wildman–Crippen LogP) is 2.97. The van der Waals surface area contributed by atoms with Crippen molar-refractivity contribution in [3.05, 3.63) is 52.0 Å². The number of rotatable bonds is 5. The number of benzene rings is 2. The number of methoxy groups -OCH3 is 1. The third-order valence-corrected chi connectivity index (χ3v) is 9.80. The first-order chi connectivity index (χ1) is 14.0. The second kappa shape index (κ2) is 8.47. The molecule has 0 bridgehead atoms. The van der Waals surface area contributed by atoms with Crippen LogP contribution < -0.4 is 4.74 Å². The average Bonchev–Trinajstić information content (AvgIpc) is 2.71. The summed E-state index contributed by atoms with van der Waals surface area (Å²) in [7, 11) is -5.93. The molecule has 0 amide bonds. The Morgan fingerprint density at radius 1 is 0.833 bits per heavy atom. The summed E-state index contributed by atoms with van der Waals surface area (Å²) in [6.07, 6.45) is 0. The lowest BCUT2D eigenvalue weighted by molar-refractivity contribution is 0.272. The minimum Gasteiger partial charge on any atom is -0.496 e. The zero-order chi connectivity index (χ0) is 22.3. The van der Waals surface area contributed by atoms with Crippen molar-refractivity contribution in [3.8, 4) is 5.75 Å². The van der Waals surface area contributed by atoms with E-state index in [0.29, 0.717) is 21.9 Å².